The van der Waals surface area contributed by atoms with E-state index in [9.17, 15) is 0 Å². The second-order valence-corrected chi connectivity index (χ2v) is 6.59. The Labute approximate surface area is 152 Å². The summed E-state index contributed by atoms with van der Waals surface area (Å²) in [6.45, 7) is 3.92. The summed E-state index contributed by atoms with van der Waals surface area (Å²) in [6, 6.07) is 12.0. The van der Waals surface area contributed by atoms with Crippen LogP contribution >= 0.6 is 0 Å². The molecular weight excluding hydrogens is 328 g/mol. The average Bonchev–Trinajstić information content (AvgIpc) is 3.18. The van der Waals surface area contributed by atoms with Crippen LogP contribution in [-0.4, -0.2) is 41.4 Å². The molecule has 0 unspecified atom stereocenters. The van der Waals surface area contributed by atoms with Crippen LogP contribution in [0.15, 0.2) is 47.1 Å². The molecule has 26 heavy (non-hydrogen) atoms. The zero-order chi connectivity index (χ0) is 17.9. The van der Waals surface area contributed by atoms with Crippen molar-refractivity contribution in [1.82, 2.24) is 15.1 Å². The summed E-state index contributed by atoms with van der Waals surface area (Å²) < 4.78 is 10.9. The summed E-state index contributed by atoms with van der Waals surface area (Å²) in [7, 11) is 1.77. The molecule has 3 heterocycles. The van der Waals surface area contributed by atoms with E-state index in [1.807, 2.05) is 43.3 Å². The number of aryl methyl sites for hydroxylation is 1. The van der Waals surface area contributed by atoms with Crippen molar-refractivity contribution in [2.24, 2.45) is 0 Å². The zero-order valence-corrected chi connectivity index (χ0v) is 15.1. The van der Waals surface area contributed by atoms with Crippen molar-refractivity contribution in [3.63, 3.8) is 0 Å². The maximum absolute atomic E-state index is 5.49. The highest BCUT2D eigenvalue weighted by molar-refractivity contribution is 5.62. The molecule has 1 aliphatic rings. The standard InChI is InChI=1S/C20H22N4O2/c1-14-6-3-4-8-17(14)19-22-20(26-23-19)15-9-10-18(21-12-15)24-11-5-7-16(13-24)25-2/h3-4,6,8-10,12,16H,5,7,11,13H2,1-2H3/t16-/m1/s1. The first-order valence-corrected chi connectivity index (χ1v) is 8.88. The summed E-state index contributed by atoms with van der Waals surface area (Å²) in [5, 5.41) is 4.12. The minimum atomic E-state index is 0.276. The van der Waals surface area contributed by atoms with Crippen LogP contribution in [-0.2, 0) is 4.74 Å². The molecule has 0 N–H and O–H groups in total. The minimum absolute atomic E-state index is 0.276. The second-order valence-electron chi connectivity index (χ2n) is 6.59. The van der Waals surface area contributed by atoms with Crippen molar-refractivity contribution in [2.75, 3.05) is 25.1 Å². The van der Waals surface area contributed by atoms with Crippen molar-refractivity contribution in [3.8, 4) is 22.8 Å². The van der Waals surface area contributed by atoms with Gasteiger partial charge in [-0.2, -0.15) is 4.98 Å². The molecule has 1 aliphatic heterocycles. The third kappa shape index (κ3) is 3.32. The predicted molar refractivity (Wildman–Crippen MR) is 99.9 cm³/mol. The van der Waals surface area contributed by atoms with Gasteiger partial charge in [0, 0.05) is 32.0 Å². The molecule has 134 valence electrons. The molecule has 0 radical (unpaired) electrons. The highest BCUT2D eigenvalue weighted by Crippen LogP contribution is 2.26. The highest BCUT2D eigenvalue weighted by atomic mass is 16.5. The highest BCUT2D eigenvalue weighted by Gasteiger charge is 2.20. The minimum Gasteiger partial charge on any atom is -0.380 e. The first-order chi connectivity index (χ1) is 12.7. The molecule has 1 fully saturated rings. The molecule has 0 aliphatic carbocycles. The Balaban J connectivity index is 1.53. The number of ether oxygens (including phenoxy) is 1. The van der Waals surface area contributed by atoms with E-state index in [4.69, 9.17) is 9.26 Å². The van der Waals surface area contributed by atoms with E-state index in [0.717, 1.165) is 48.4 Å². The topological polar surface area (TPSA) is 64.3 Å². The maximum atomic E-state index is 5.49. The van der Waals surface area contributed by atoms with Gasteiger partial charge in [0.05, 0.1) is 11.7 Å². The van der Waals surface area contributed by atoms with E-state index in [1.54, 1.807) is 13.3 Å². The summed E-state index contributed by atoms with van der Waals surface area (Å²) in [5.41, 5.74) is 2.92. The lowest BCUT2D eigenvalue weighted by atomic mass is 10.1. The summed E-state index contributed by atoms with van der Waals surface area (Å²) >= 11 is 0. The van der Waals surface area contributed by atoms with Crippen molar-refractivity contribution < 1.29 is 9.26 Å². The van der Waals surface area contributed by atoms with E-state index >= 15 is 0 Å². The first kappa shape index (κ1) is 16.7. The van der Waals surface area contributed by atoms with Gasteiger partial charge in [-0.15, -0.1) is 0 Å². The van der Waals surface area contributed by atoms with Crippen LogP contribution in [0, 0.1) is 6.92 Å². The van der Waals surface area contributed by atoms with Gasteiger partial charge in [0.2, 0.25) is 5.82 Å². The van der Waals surface area contributed by atoms with E-state index in [2.05, 4.69) is 20.0 Å². The van der Waals surface area contributed by atoms with Crippen molar-refractivity contribution >= 4 is 5.82 Å². The summed E-state index contributed by atoms with van der Waals surface area (Å²) in [4.78, 5) is 11.4. The largest absolute Gasteiger partial charge is 0.380 e. The number of rotatable bonds is 4. The third-order valence-electron chi connectivity index (χ3n) is 4.84. The Morgan fingerprint density at radius 2 is 2.08 bits per heavy atom. The lowest BCUT2D eigenvalue weighted by molar-refractivity contribution is 0.0891. The molecule has 1 atom stereocenters. The van der Waals surface area contributed by atoms with E-state index in [0.29, 0.717) is 11.7 Å². The lowest BCUT2D eigenvalue weighted by Gasteiger charge is -2.32. The Morgan fingerprint density at radius 3 is 2.85 bits per heavy atom. The number of hydrogen-bond donors (Lipinski definition) is 0. The fourth-order valence-electron chi connectivity index (χ4n) is 3.31. The Hall–Kier alpha value is -2.73. The monoisotopic (exact) mass is 350 g/mol. The number of piperidine rings is 1. The van der Waals surface area contributed by atoms with Gasteiger partial charge in [-0.1, -0.05) is 29.4 Å². The normalized spacial score (nSPS) is 17.5. The molecule has 0 spiro atoms. The number of nitrogens with zero attached hydrogens (tertiary/aromatic N) is 4. The lowest BCUT2D eigenvalue weighted by Crippen LogP contribution is -2.39. The fourth-order valence-corrected chi connectivity index (χ4v) is 3.31. The molecule has 2 aromatic heterocycles. The summed E-state index contributed by atoms with van der Waals surface area (Å²) in [5.74, 6) is 2.03. The van der Waals surface area contributed by atoms with Crippen LogP contribution in [0.5, 0.6) is 0 Å². The van der Waals surface area contributed by atoms with Gasteiger partial charge in [0.15, 0.2) is 0 Å². The van der Waals surface area contributed by atoms with Gasteiger partial charge >= 0.3 is 0 Å². The predicted octanol–water partition coefficient (Wildman–Crippen LogP) is 3.72. The van der Waals surface area contributed by atoms with Crippen LogP contribution in [0.25, 0.3) is 22.8 Å². The summed E-state index contributed by atoms with van der Waals surface area (Å²) in [6.07, 6.45) is 4.29. The van der Waals surface area contributed by atoms with Crippen LogP contribution < -0.4 is 4.90 Å². The molecule has 1 aromatic carbocycles. The first-order valence-electron chi connectivity index (χ1n) is 8.88. The molecule has 6 nitrogen and oxygen atoms in total. The third-order valence-corrected chi connectivity index (χ3v) is 4.84. The number of pyridine rings is 1. The SMILES string of the molecule is CO[C@@H]1CCCN(c2ccc(-c3nc(-c4ccccc4C)no3)cn2)C1. The van der Waals surface area contributed by atoms with Crippen molar-refractivity contribution in [3.05, 3.63) is 48.2 Å². The van der Waals surface area contributed by atoms with E-state index in [-0.39, 0.29) is 6.10 Å². The zero-order valence-electron chi connectivity index (χ0n) is 15.1. The van der Waals surface area contributed by atoms with Gasteiger partial charge in [-0.3, -0.25) is 0 Å². The molecule has 0 saturated carbocycles. The number of benzene rings is 1. The molecular formula is C20H22N4O2. The van der Waals surface area contributed by atoms with Gasteiger partial charge in [0.25, 0.3) is 5.89 Å². The smallest absolute Gasteiger partial charge is 0.259 e. The molecule has 6 heteroatoms. The average molecular weight is 350 g/mol. The molecule has 0 amide bonds. The van der Waals surface area contributed by atoms with Gasteiger partial charge < -0.3 is 14.2 Å². The van der Waals surface area contributed by atoms with Crippen LogP contribution in [0.3, 0.4) is 0 Å². The Morgan fingerprint density at radius 1 is 1.19 bits per heavy atom. The van der Waals surface area contributed by atoms with E-state index in [1.165, 1.54) is 0 Å². The molecule has 1 saturated heterocycles. The molecule has 4 rings (SSSR count). The number of hydrogen-bond acceptors (Lipinski definition) is 6. The quantitative estimate of drug-likeness (QED) is 0.714. The second kappa shape index (κ2) is 7.25. The Kier molecular flexibility index (Phi) is 4.67. The fraction of sp³-hybridized carbons (Fsp3) is 0.350. The Bertz CT molecular complexity index is 876. The van der Waals surface area contributed by atoms with Crippen LogP contribution in [0.1, 0.15) is 18.4 Å². The van der Waals surface area contributed by atoms with Gasteiger partial charge in [0.1, 0.15) is 5.82 Å². The maximum Gasteiger partial charge on any atom is 0.259 e. The number of aromatic nitrogens is 3. The van der Waals surface area contributed by atoms with Crippen LogP contribution in [0.4, 0.5) is 5.82 Å². The van der Waals surface area contributed by atoms with E-state index < -0.39 is 0 Å². The molecule has 0 bridgehead atoms. The van der Waals surface area contributed by atoms with Crippen LogP contribution in [0.2, 0.25) is 0 Å². The van der Waals surface area contributed by atoms with Crippen molar-refractivity contribution in [2.45, 2.75) is 25.9 Å². The number of anilines is 1. The van der Waals surface area contributed by atoms with Gasteiger partial charge in [-0.25, -0.2) is 4.98 Å². The number of methoxy groups -OCH3 is 1. The van der Waals surface area contributed by atoms with Crippen molar-refractivity contribution in [1.29, 1.82) is 0 Å². The molecule has 3 aromatic rings. The van der Waals surface area contributed by atoms with Gasteiger partial charge in [-0.05, 0) is 37.5 Å².